The first-order valence-electron chi connectivity index (χ1n) is 7.35. The maximum atomic E-state index is 11.9. The Morgan fingerprint density at radius 2 is 1.70 bits per heavy atom. The molecule has 5 heteroatoms. The fourth-order valence-electron chi connectivity index (χ4n) is 2.04. The van der Waals surface area contributed by atoms with Crippen LogP contribution in [0.4, 0.5) is 0 Å². The van der Waals surface area contributed by atoms with Crippen LogP contribution in [0.2, 0.25) is 0 Å². The highest BCUT2D eigenvalue weighted by Crippen LogP contribution is 2.25. The van der Waals surface area contributed by atoms with E-state index in [1.807, 2.05) is 43.3 Å². The number of nitrogens with one attached hydrogen (secondary N) is 1. The largest absolute Gasteiger partial charge is 0.273 e. The molecule has 0 aliphatic rings. The smallest absolute Gasteiger partial charge is 0.244 e. The molecule has 120 valence electrons. The van der Waals surface area contributed by atoms with Gasteiger partial charge in [0.1, 0.15) is 0 Å². The quantitative estimate of drug-likeness (QED) is 0.530. The van der Waals surface area contributed by atoms with Gasteiger partial charge >= 0.3 is 0 Å². The van der Waals surface area contributed by atoms with Gasteiger partial charge in [0.05, 0.1) is 12.6 Å². The van der Waals surface area contributed by atoms with Crippen molar-refractivity contribution in [1.82, 2.24) is 5.43 Å². The summed E-state index contributed by atoms with van der Waals surface area (Å²) in [5, 5.41) is 4.02. The predicted octanol–water partition coefficient (Wildman–Crippen LogP) is 4.78. The van der Waals surface area contributed by atoms with Crippen LogP contribution < -0.4 is 5.43 Å². The summed E-state index contributed by atoms with van der Waals surface area (Å²) in [4.78, 5) is 11.9. The molecular weight excluding hydrogens is 420 g/mol. The van der Waals surface area contributed by atoms with E-state index in [9.17, 15) is 4.79 Å². The Kier molecular flexibility index (Phi) is 6.54. The van der Waals surface area contributed by atoms with E-state index in [-0.39, 0.29) is 5.91 Å². The second-order valence-corrected chi connectivity index (χ2v) is 6.96. The van der Waals surface area contributed by atoms with Gasteiger partial charge in [-0.3, -0.25) is 4.79 Å². The molecule has 2 aromatic rings. The number of aryl methyl sites for hydroxylation is 1. The first-order valence-corrected chi connectivity index (χ1v) is 8.93. The van der Waals surface area contributed by atoms with Crippen LogP contribution in [0.25, 0.3) is 0 Å². The Morgan fingerprint density at radius 1 is 1.13 bits per heavy atom. The summed E-state index contributed by atoms with van der Waals surface area (Å²) in [7, 11) is 0. The van der Waals surface area contributed by atoms with E-state index in [2.05, 4.69) is 49.3 Å². The van der Waals surface area contributed by atoms with Gasteiger partial charge in [-0.25, -0.2) is 5.43 Å². The summed E-state index contributed by atoms with van der Waals surface area (Å²) in [5.41, 5.74) is 6.84. The minimum absolute atomic E-state index is 0.129. The summed E-state index contributed by atoms with van der Waals surface area (Å²) in [6.45, 7) is 4.12. The third-order valence-corrected chi connectivity index (χ3v) is 5.15. The van der Waals surface area contributed by atoms with Crippen molar-refractivity contribution in [3.8, 4) is 0 Å². The lowest BCUT2D eigenvalue weighted by molar-refractivity contribution is -0.120. The van der Waals surface area contributed by atoms with Crippen LogP contribution in [0.5, 0.6) is 0 Å². The van der Waals surface area contributed by atoms with Gasteiger partial charge in [-0.1, -0.05) is 63.0 Å². The molecule has 0 bridgehead atoms. The zero-order chi connectivity index (χ0) is 16.8. The molecule has 0 atom stereocenters. The van der Waals surface area contributed by atoms with Gasteiger partial charge < -0.3 is 0 Å². The number of rotatable bonds is 5. The molecule has 0 saturated heterocycles. The number of halogens is 2. The number of amides is 1. The lowest BCUT2D eigenvalue weighted by Crippen LogP contribution is -2.19. The predicted molar refractivity (Wildman–Crippen MR) is 102 cm³/mol. The van der Waals surface area contributed by atoms with Crippen molar-refractivity contribution in [2.45, 2.75) is 26.7 Å². The van der Waals surface area contributed by atoms with Gasteiger partial charge in [0.15, 0.2) is 0 Å². The number of hydrogen-bond donors (Lipinski definition) is 1. The van der Waals surface area contributed by atoms with Crippen molar-refractivity contribution in [1.29, 1.82) is 0 Å². The molecule has 0 saturated carbocycles. The summed E-state index contributed by atoms with van der Waals surface area (Å²) in [5.74, 6) is -0.129. The minimum Gasteiger partial charge on any atom is -0.273 e. The molecule has 2 rings (SSSR count). The number of hydrazone groups is 1. The summed E-state index contributed by atoms with van der Waals surface area (Å²) < 4.78 is 1.99. The second kappa shape index (κ2) is 8.41. The fourth-order valence-corrected chi connectivity index (χ4v) is 3.26. The average Bonchev–Trinajstić information content (AvgIpc) is 2.53. The highest BCUT2D eigenvalue weighted by molar-refractivity contribution is 9.11. The van der Waals surface area contributed by atoms with E-state index in [1.54, 1.807) is 6.21 Å². The monoisotopic (exact) mass is 436 g/mol. The van der Waals surface area contributed by atoms with Crippen molar-refractivity contribution < 1.29 is 4.79 Å². The van der Waals surface area contributed by atoms with Crippen LogP contribution in [0.15, 0.2) is 50.4 Å². The SMILES string of the molecule is CCc1ccc(CC(=O)N/N=C/c2cc(Br)c(C)c(Br)c2)cc1. The lowest BCUT2D eigenvalue weighted by atomic mass is 10.1. The van der Waals surface area contributed by atoms with Crippen LogP contribution in [0.1, 0.15) is 29.2 Å². The standard InChI is InChI=1S/C18H18Br2N2O/c1-3-13-4-6-14(7-5-13)10-18(23)22-21-11-15-8-16(19)12(2)17(20)9-15/h4-9,11H,3,10H2,1-2H3,(H,22,23)/b21-11+. The molecule has 0 aromatic heterocycles. The van der Waals surface area contributed by atoms with Crippen molar-refractivity contribution in [3.63, 3.8) is 0 Å². The number of carbonyl (C=O) groups excluding carboxylic acids is 1. The molecule has 1 N–H and O–H groups in total. The van der Waals surface area contributed by atoms with Crippen LogP contribution in [0.3, 0.4) is 0 Å². The van der Waals surface area contributed by atoms with Gasteiger partial charge in [-0.2, -0.15) is 5.10 Å². The molecule has 0 heterocycles. The highest BCUT2D eigenvalue weighted by atomic mass is 79.9. The average molecular weight is 438 g/mol. The van der Waals surface area contributed by atoms with E-state index in [1.165, 1.54) is 5.56 Å². The van der Waals surface area contributed by atoms with Crippen LogP contribution >= 0.6 is 31.9 Å². The minimum atomic E-state index is -0.129. The zero-order valence-electron chi connectivity index (χ0n) is 13.1. The molecule has 3 nitrogen and oxygen atoms in total. The normalized spacial score (nSPS) is 11.0. The van der Waals surface area contributed by atoms with Gasteiger partial charge in [0.25, 0.3) is 0 Å². The fraction of sp³-hybridized carbons (Fsp3) is 0.222. The maximum absolute atomic E-state index is 11.9. The topological polar surface area (TPSA) is 41.5 Å². The third-order valence-electron chi connectivity index (χ3n) is 3.50. The first kappa shape index (κ1) is 17.9. The van der Waals surface area contributed by atoms with Gasteiger partial charge in [-0.05, 0) is 47.7 Å². The number of hydrogen-bond acceptors (Lipinski definition) is 2. The molecule has 0 aliphatic carbocycles. The number of benzene rings is 2. The van der Waals surface area contributed by atoms with Crippen LogP contribution in [-0.4, -0.2) is 12.1 Å². The van der Waals surface area contributed by atoms with Gasteiger partial charge in [-0.15, -0.1) is 0 Å². The number of nitrogens with zero attached hydrogens (tertiary/aromatic N) is 1. The van der Waals surface area contributed by atoms with Crippen LogP contribution in [-0.2, 0) is 17.6 Å². The molecule has 0 radical (unpaired) electrons. The molecular formula is C18H18Br2N2O. The Morgan fingerprint density at radius 3 is 2.26 bits per heavy atom. The maximum Gasteiger partial charge on any atom is 0.244 e. The van der Waals surface area contributed by atoms with Crippen molar-refractivity contribution in [2.75, 3.05) is 0 Å². The summed E-state index contributed by atoms with van der Waals surface area (Å²) >= 11 is 6.99. The molecule has 0 unspecified atom stereocenters. The van der Waals surface area contributed by atoms with Crippen LogP contribution in [0, 0.1) is 6.92 Å². The summed E-state index contributed by atoms with van der Waals surface area (Å²) in [6.07, 6.45) is 2.95. The Hall–Kier alpha value is -1.46. The van der Waals surface area contributed by atoms with Crippen molar-refractivity contribution in [3.05, 3.63) is 67.6 Å². The van der Waals surface area contributed by atoms with Crippen molar-refractivity contribution >= 4 is 44.0 Å². The van der Waals surface area contributed by atoms with E-state index in [0.717, 1.165) is 32.1 Å². The zero-order valence-corrected chi connectivity index (χ0v) is 16.2. The molecule has 0 fully saturated rings. The van der Waals surface area contributed by atoms with E-state index in [0.29, 0.717) is 6.42 Å². The third kappa shape index (κ3) is 5.29. The Balaban J connectivity index is 1.93. The van der Waals surface area contributed by atoms with E-state index >= 15 is 0 Å². The highest BCUT2D eigenvalue weighted by Gasteiger charge is 2.03. The molecule has 0 aliphatic heterocycles. The molecule has 0 spiro atoms. The van der Waals surface area contributed by atoms with E-state index in [4.69, 9.17) is 0 Å². The lowest BCUT2D eigenvalue weighted by Gasteiger charge is -2.04. The second-order valence-electron chi connectivity index (χ2n) is 5.25. The van der Waals surface area contributed by atoms with Crippen molar-refractivity contribution in [2.24, 2.45) is 5.10 Å². The van der Waals surface area contributed by atoms with Gasteiger partial charge in [0.2, 0.25) is 5.91 Å². The number of carbonyl (C=O) groups is 1. The molecule has 23 heavy (non-hydrogen) atoms. The molecule has 1 amide bonds. The van der Waals surface area contributed by atoms with Gasteiger partial charge in [0, 0.05) is 8.95 Å². The molecule has 2 aromatic carbocycles. The Bertz CT molecular complexity index is 701. The summed E-state index contributed by atoms with van der Waals surface area (Å²) in [6, 6.07) is 12.0. The van der Waals surface area contributed by atoms with E-state index < -0.39 is 0 Å². The first-order chi connectivity index (χ1) is 11.0. The Labute approximate surface area is 153 Å².